The highest BCUT2D eigenvalue weighted by atomic mass is 35.5. The van der Waals surface area contributed by atoms with Crippen molar-refractivity contribution < 1.29 is 32.6 Å². The Morgan fingerprint density at radius 1 is 0.878 bits per heavy atom. The van der Waals surface area contributed by atoms with Gasteiger partial charge in [-0.15, -0.1) is 12.4 Å². The van der Waals surface area contributed by atoms with Crippen LogP contribution in [0.5, 0.6) is 0 Å². The number of hydrogen-bond donors (Lipinski definition) is 2. The molecule has 2 heterocycles. The quantitative estimate of drug-likeness (QED) is 0.239. The monoisotopic (exact) mass is 703 g/mol. The van der Waals surface area contributed by atoms with Crippen LogP contribution in [0.3, 0.4) is 0 Å². The zero-order valence-electron chi connectivity index (χ0n) is 28.3. The Morgan fingerprint density at radius 2 is 1.53 bits per heavy atom. The summed E-state index contributed by atoms with van der Waals surface area (Å²) in [6, 6.07) is 12.6. The molecule has 0 radical (unpaired) electrons. The molecule has 0 spiro atoms. The van der Waals surface area contributed by atoms with Gasteiger partial charge in [0.1, 0.15) is 11.7 Å². The van der Waals surface area contributed by atoms with Crippen LogP contribution in [0.2, 0.25) is 0 Å². The summed E-state index contributed by atoms with van der Waals surface area (Å²) in [6.45, 7) is 4.67. The minimum atomic E-state index is -0.994. The molecule has 3 aromatic rings. The summed E-state index contributed by atoms with van der Waals surface area (Å²) in [7, 11) is 1.71. The van der Waals surface area contributed by atoms with E-state index < -0.39 is 23.7 Å². The largest absolute Gasteiger partial charge is 0.377 e. The molecular weight excluding hydrogens is 656 g/mol. The van der Waals surface area contributed by atoms with Crippen LogP contribution >= 0.6 is 12.4 Å². The lowest BCUT2D eigenvalue weighted by molar-refractivity contribution is -0.140. The van der Waals surface area contributed by atoms with Crippen LogP contribution < -0.4 is 10.6 Å². The number of likely N-dealkylation sites (N-methyl/N-ethyl adjacent to an activating group) is 1. The Labute approximate surface area is 292 Å². The van der Waals surface area contributed by atoms with E-state index >= 15 is 0 Å². The molecule has 2 aromatic carbocycles. The lowest BCUT2D eigenvalue weighted by atomic mass is 9.83. The highest BCUT2D eigenvalue weighted by molar-refractivity contribution is 5.99. The van der Waals surface area contributed by atoms with Crippen LogP contribution in [0.1, 0.15) is 55.1 Å². The molecular formula is C36H48ClF2N5O5. The number of amides is 3. The van der Waals surface area contributed by atoms with Crippen molar-refractivity contribution in [1.29, 1.82) is 0 Å². The average molecular weight is 704 g/mol. The average Bonchev–Trinajstić information content (AvgIpc) is 3.46. The third kappa shape index (κ3) is 9.78. The van der Waals surface area contributed by atoms with Gasteiger partial charge in [-0.05, 0) is 50.4 Å². The second-order valence-electron chi connectivity index (χ2n) is 12.7. The van der Waals surface area contributed by atoms with Crippen molar-refractivity contribution in [3.8, 4) is 0 Å². The first kappa shape index (κ1) is 38.2. The molecule has 49 heavy (non-hydrogen) atoms. The number of carbonyl (C=O) groups excluding carboxylic acids is 3. The van der Waals surface area contributed by atoms with Crippen LogP contribution in [0.15, 0.2) is 48.5 Å². The predicted molar refractivity (Wildman–Crippen MR) is 186 cm³/mol. The number of fused-ring (bicyclic) bond motifs is 1. The number of hydrogen-bond acceptors (Lipinski definition) is 6. The molecule has 1 saturated carbocycles. The number of halogens is 3. The van der Waals surface area contributed by atoms with Crippen LogP contribution in [-0.4, -0.2) is 97.2 Å². The summed E-state index contributed by atoms with van der Waals surface area (Å²) < 4.78 is 41.6. The Balaban J connectivity index is 0.00000541. The minimum Gasteiger partial charge on any atom is -0.377 e. The van der Waals surface area contributed by atoms with Gasteiger partial charge in [0, 0.05) is 44.2 Å². The molecule has 1 aliphatic carbocycles. The molecule has 10 nitrogen and oxygen atoms in total. The van der Waals surface area contributed by atoms with Crippen LogP contribution in [-0.2, 0) is 32.2 Å². The number of piperazine rings is 1. The second kappa shape index (κ2) is 18.4. The number of rotatable bonds is 14. The van der Waals surface area contributed by atoms with Gasteiger partial charge in [0.15, 0.2) is 11.6 Å². The van der Waals surface area contributed by atoms with Crippen LogP contribution in [0.4, 0.5) is 8.78 Å². The first-order valence-corrected chi connectivity index (χ1v) is 17.0. The number of benzene rings is 2. The first-order chi connectivity index (χ1) is 23.3. The number of nitrogens with zero attached hydrogens (tertiary/aromatic N) is 3. The fourth-order valence-electron chi connectivity index (χ4n) is 6.56. The smallest absolute Gasteiger partial charge is 0.270 e. The summed E-state index contributed by atoms with van der Waals surface area (Å²) in [5, 5.41) is 6.36. The Hall–Kier alpha value is -3.58. The summed E-state index contributed by atoms with van der Waals surface area (Å²) >= 11 is 0. The number of carbonyl (C=O) groups is 3. The topological polar surface area (TPSA) is 105 Å². The highest BCUT2D eigenvalue weighted by Crippen LogP contribution is 2.28. The molecule has 1 saturated heterocycles. The fraction of sp³-hybridized carbons (Fsp3) is 0.528. The maximum absolute atomic E-state index is 14.3. The fourth-order valence-corrected chi connectivity index (χ4v) is 6.56. The lowest BCUT2D eigenvalue weighted by Gasteiger charge is -2.39. The van der Waals surface area contributed by atoms with E-state index in [1.165, 1.54) is 0 Å². The van der Waals surface area contributed by atoms with Crippen molar-refractivity contribution in [2.75, 3.05) is 53.0 Å². The van der Waals surface area contributed by atoms with Gasteiger partial charge in [-0.3, -0.25) is 14.4 Å². The molecule has 3 amide bonds. The molecule has 268 valence electrons. The molecule has 5 rings (SSSR count). The predicted octanol–water partition coefficient (Wildman–Crippen LogP) is 4.53. The van der Waals surface area contributed by atoms with Crippen molar-refractivity contribution in [2.45, 2.75) is 64.3 Å². The Bertz CT molecular complexity index is 1540. The van der Waals surface area contributed by atoms with E-state index in [0.717, 1.165) is 49.8 Å². The molecule has 2 N–H and O–H groups in total. The van der Waals surface area contributed by atoms with E-state index in [1.807, 2.05) is 30.3 Å². The van der Waals surface area contributed by atoms with Gasteiger partial charge in [0.25, 0.3) is 5.91 Å². The zero-order chi connectivity index (χ0) is 34.0. The molecule has 1 unspecified atom stereocenters. The van der Waals surface area contributed by atoms with Gasteiger partial charge in [0.2, 0.25) is 11.8 Å². The van der Waals surface area contributed by atoms with Crippen molar-refractivity contribution in [3.63, 3.8) is 0 Å². The number of nitrogens with one attached hydrogen (secondary N) is 2. The lowest BCUT2D eigenvalue weighted by Crippen LogP contribution is -2.59. The third-order valence-electron chi connectivity index (χ3n) is 9.50. The normalized spacial score (nSPS) is 16.7. The molecule has 0 bridgehead atoms. The summed E-state index contributed by atoms with van der Waals surface area (Å²) in [4.78, 5) is 43.9. The Morgan fingerprint density at radius 3 is 2.22 bits per heavy atom. The summed E-state index contributed by atoms with van der Waals surface area (Å²) in [5.74, 6) is -2.51. The van der Waals surface area contributed by atoms with Crippen molar-refractivity contribution in [2.24, 2.45) is 5.92 Å². The highest BCUT2D eigenvalue weighted by Gasteiger charge is 2.36. The molecule has 13 heteroatoms. The molecule has 1 aliphatic heterocycles. The standard InChI is InChI=1S/C36H47F2N5O5.ClH/c1-25(39-2)34(44)40-33(27-11-7-4-8-12-27)36(46)42-15-13-41(14-16-42)35(45)32-22-28-21-29(37)30(38)23-31(28)43(32)17-18-47-19-20-48-24-26-9-5-3-6-10-26;/h3,5-6,9-10,21-23,25,27,33,39H,4,7-8,11-20,24H2,1-2H3,(H,40,44);1H/t25?,33-;/m1./s1. The van der Waals surface area contributed by atoms with Gasteiger partial charge in [-0.25, -0.2) is 8.78 Å². The summed E-state index contributed by atoms with van der Waals surface area (Å²) in [6.07, 6.45) is 4.97. The van der Waals surface area contributed by atoms with Gasteiger partial charge in [-0.2, -0.15) is 0 Å². The van der Waals surface area contributed by atoms with E-state index in [2.05, 4.69) is 10.6 Å². The third-order valence-corrected chi connectivity index (χ3v) is 9.50. The second-order valence-corrected chi connectivity index (χ2v) is 12.7. The van der Waals surface area contributed by atoms with Gasteiger partial charge >= 0.3 is 0 Å². The van der Waals surface area contributed by atoms with E-state index in [0.29, 0.717) is 62.6 Å². The van der Waals surface area contributed by atoms with E-state index in [1.54, 1.807) is 34.4 Å². The van der Waals surface area contributed by atoms with Gasteiger partial charge in [-0.1, -0.05) is 49.6 Å². The van der Waals surface area contributed by atoms with Crippen LogP contribution in [0, 0.1) is 17.6 Å². The molecule has 2 atom stereocenters. The van der Waals surface area contributed by atoms with Gasteiger partial charge in [0.05, 0.1) is 38.0 Å². The van der Waals surface area contributed by atoms with Crippen molar-refractivity contribution >= 4 is 41.0 Å². The maximum atomic E-state index is 14.3. The zero-order valence-corrected chi connectivity index (χ0v) is 29.1. The number of aromatic nitrogens is 1. The van der Waals surface area contributed by atoms with Gasteiger partial charge < -0.3 is 34.5 Å². The van der Waals surface area contributed by atoms with Crippen molar-refractivity contribution in [1.82, 2.24) is 25.0 Å². The summed E-state index contributed by atoms with van der Waals surface area (Å²) in [5.41, 5.74) is 1.76. The molecule has 2 fully saturated rings. The number of ether oxygens (including phenoxy) is 2. The van der Waals surface area contributed by atoms with E-state index in [4.69, 9.17) is 9.47 Å². The maximum Gasteiger partial charge on any atom is 0.270 e. The van der Waals surface area contributed by atoms with Crippen LogP contribution in [0.25, 0.3) is 10.9 Å². The SMILES string of the molecule is CNC(C)C(=O)N[C@@H](C(=O)N1CCN(C(=O)c2cc3cc(F)c(F)cc3n2CCOCCOCc2ccccc2)CC1)C1CCCCC1.Cl. The Kier molecular flexibility index (Phi) is 14.4. The molecule has 2 aliphatic rings. The first-order valence-electron chi connectivity index (χ1n) is 17.0. The van der Waals surface area contributed by atoms with E-state index in [-0.39, 0.29) is 49.2 Å². The van der Waals surface area contributed by atoms with E-state index in [9.17, 15) is 23.2 Å². The van der Waals surface area contributed by atoms with Crippen molar-refractivity contribution in [3.05, 3.63) is 71.4 Å². The molecule has 1 aromatic heterocycles. The minimum absolute atomic E-state index is 0.